The van der Waals surface area contributed by atoms with Crippen LogP contribution in [0.25, 0.3) is 0 Å². The number of ether oxygens (including phenoxy) is 1. The molecule has 0 aliphatic heterocycles. The van der Waals surface area contributed by atoms with Gasteiger partial charge in [0, 0.05) is 6.42 Å². The second kappa shape index (κ2) is 4.36. The van der Waals surface area contributed by atoms with Crippen molar-refractivity contribution in [3.05, 3.63) is 25.3 Å². The fraction of sp³-hybridized carbons (Fsp3) is 0.545. The molecule has 1 rings (SSSR count). The number of Topliss-reactive ketones (excluding diaryl/α,β-unsaturated/α-hetero) is 1. The molecule has 0 heterocycles. The molecule has 1 aliphatic rings. The second-order valence-corrected chi connectivity index (χ2v) is 3.97. The van der Waals surface area contributed by atoms with E-state index in [9.17, 15) is 31.1 Å². The van der Waals surface area contributed by atoms with Gasteiger partial charge in [0.25, 0.3) is 0 Å². The van der Waals surface area contributed by atoms with Crippen LogP contribution < -0.4 is 0 Å². The Bertz CT molecular complexity index is 417. The van der Waals surface area contributed by atoms with Gasteiger partial charge in [-0.05, 0) is 0 Å². The number of hydrogen-bond donors (Lipinski definition) is 0. The lowest BCUT2D eigenvalue weighted by atomic mass is 9.92. The van der Waals surface area contributed by atoms with Gasteiger partial charge in [-0.3, -0.25) is 4.79 Å². The monoisotopic (exact) mass is 288 g/mol. The first kappa shape index (κ1) is 15.7. The highest BCUT2D eigenvalue weighted by Crippen LogP contribution is 2.61. The fourth-order valence-corrected chi connectivity index (χ4v) is 1.83. The van der Waals surface area contributed by atoms with Crippen molar-refractivity contribution in [2.75, 3.05) is 6.61 Å². The summed E-state index contributed by atoms with van der Waals surface area (Å²) < 4.78 is 84.2. The maximum Gasteiger partial charge on any atom is 0.382 e. The normalized spacial score (nSPS) is 31.2. The average Bonchev–Trinajstić information content (AvgIpc) is 2.38. The summed E-state index contributed by atoms with van der Waals surface area (Å²) in [5.41, 5.74) is -3.64. The predicted molar refractivity (Wildman–Crippen MR) is 53.5 cm³/mol. The minimum Gasteiger partial charge on any atom is -0.356 e. The van der Waals surface area contributed by atoms with E-state index < -0.39 is 42.2 Å². The number of hydrogen-bond acceptors (Lipinski definition) is 2. The van der Waals surface area contributed by atoms with E-state index >= 15 is 0 Å². The number of alkyl halides is 6. The summed E-state index contributed by atoms with van der Waals surface area (Å²) in [6.45, 7) is 5.31. The summed E-state index contributed by atoms with van der Waals surface area (Å²) in [4.78, 5) is 11.4. The lowest BCUT2D eigenvalue weighted by Gasteiger charge is -2.32. The van der Waals surface area contributed by atoms with Gasteiger partial charge in [-0.1, -0.05) is 12.2 Å². The Morgan fingerprint density at radius 3 is 1.84 bits per heavy atom. The topological polar surface area (TPSA) is 26.3 Å². The molecule has 0 spiro atoms. The standard InChI is InChI=1S/C11H10F6O2/c1-3-5-8(19-6-4-2)7(18)9(12,13)11(16,17)10(8,14)15/h3-4H,1-2,5-6H2. The van der Waals surface area contributed by atoms with Crippen molar-refractivity contribution in [3.63, 3.8) is 0 Å². The summed E-state index contributed by atoms with van der Waals surface area (Å²) in [7, 11) is 0. The Balaban J connectivity index is 3.48. The van der Waals surface area contributed by atoms with Gasteiger partial charge in [0.15, 0.2) is 0 Å². The van der Waals surface area contributed by atoms with E-state index in [0.717, 1.165) is 6.08 Å². The molecule has 8 heteroatoms. The van der Waals surface area contributed by atoms with Gasteiger partial charge >= 0.3 is 17.8 Å². The summed E-state index contributed by atoms with van der Waals surface area (Å²) in [6, 6.07) is 0. The van der Waals surface area contributed by atoms with Crippen LogP contribution in [0.4, 0.5) is 26.3 Å². The number of ketones is 1. The zero-order chi connectivity index (χ0) is 15.1. The molecule has 108 valence electrons. The predicted octanol–water partition coefficient (Wildman–Crippen LogP) is 2.99. The Kier molecular flexibility index (Phi) is 3.62. The third-order valence-electron chi connectivity index (χ3n) is 2.83. The maximum atomic E-state index is 13.6. The molecule has 0 saturated heterocycles. The Hall–Kier alpha value is -1.31. The highest BCUT2D eigenvalue weighted by molar-refractivity contribution is 5.99. The number of carbonyl (C=O) groups is 1. The molecule has 1 fully saturated rings. The van der Waals surface area contributed by atoms with E-state index in [4.69, 9.17) is 0 Å². The molecule has 0 amide bonds. The molecular formula is C11H10F6O2. The number of rotatable bonds is 5. The molecule has 0 aromatic carbocycles. The van der Waals surface area contributed by atoms with Crippen LogP contribution >= 0.6 is 0 Å². The van der Waals surface area contributed by atoms with Gasteiger partial charge in [-0.15, -0.1) is 13.2 Å². The molecule has 0 bridgehead atoms. The van der Waals surface area contributed by atoms with Crippen LogP contribution in [0, 0.1) is 0 Å². The van der Waals surface area contributed by atoms with Crippen LogP contribution in [0.3, 0.4) is 0 Å². The molecule has 1 aliphatic carbocycles. The Morgan fingerprint density at radius 1 is 1.00 bits per heavy atom. The summed E-state index contributed by atoms with van der Waals surface area (Å²) in [5.74, 6) is -19.4. The largest absolute Gasteiger partial charge is 0.382 e. The van der Waals surface area contributed by atoms with Gasteiger partial charge < -0.3 is 4.74 Å². The highest BCUT2D eigenvalue weighted by atomic mass is 19.3. The van der Waals surface area contributed by atoms with Gasteiger partial charge in [0.1, 0.15) is 0 Å². The highest BCUT2D eigenvalue weighted by Gasteiger charge is 2.91. The van der Waals surface area contributed by atoms with Crippen molar-refractivity contribution in [2.24, 2.45) is 0 Å². The van der Waals surface area contributed by atoms with E-state index in [2.05, 4.69) is 17.9 Å². The summed E-state index contributed by atoms with van der Waals surface area (Å²) >= 11 is 0. The fourth-order valence-electron chi connectivity index (χ4n) is 1.83. The van der Waals surface area contributed by atoms with Gasteiger partial charge in [-0.25, -0.2) is 0 Å². The van der Waals surface area contributed by atoms with Gasteiger partial charge in [0.2, 0.25) is 11.4 Å². The minimum absolute atomic E-state index is 0.645. The van der Waals surface area contributed by atoms with Crippen LogP contribution in [0.5, 0.6) is 0 Å². The molecule has 0 aromatic heterocycles. The summed E-state index contributed by atoms with van der Waals surface area (Å²) in [5, 5.41) is 0. The van der Waals surface area contributed by atoms with E-state index in [-0.39, 0.29) is 0 Å². The van der Waals surface area contributed by atoms with Crippen LogP contribution in [0.15, 0.2) is 25.3 Å². The zero-order valence-electron chi connectivity index (χ0n) is 9.57. The molecular weight excluding hydrogens is 278 g/mol. The number of halogens is 6. The van der Waals surface area contributed by atoms with Crippen LogP contribution in [0.2, 0.25) is 0 Å². The van der Waals surface area contributed by atoms with E-state index in [0.29, 0.717) is 6.08 Å². The van der Waals surface area contributed by atoms with Crippen molar-refractivity contribution >= 4 is 5.78 Å². The Morgan fingerprint density at radius 2 is 1.53 bits per heavy atom. The quantitative estimate of drug-likeness (QED) is 0.574. The average molecular weight is 288 g/mol. The minimum atomic E-state index is -5.83. The first-order valence-corrected chi connectivity index (χ1v) is 5.07. The van der Waals surface area contributed by atoms with Gasteiger partial charge in [0.05, 0.1) is 6.61 Å². The van der Waals surface area contributed by atoms with E-state index in [1.165, 1.54) is 0 Å². The number of carbonyl (C=O) groups excluding carboxylic acids is 1. The van der Waals surface area contributed by atoms with Crippen LogP contribution in [0.1, 0.15) is 6.42 Å². The SMILES string of the molecule is C=CCOC1(CC=C)C(=O)C(F)(F)C(F)(F)C1(F)F. The third kappa shape index (κ3) is 1.65. The van der Waals surface area contributed by atoms with Crippen molar-refractivity contribution in [1.29, 1.82) is 0 Å². The smallest absolute Gasteiger partial charge is 0.356 e. The molecule has 0 radical (unpaired) electrons. The maximum absolute atomic E-state index is 13.6. The van der Waals surface area contributed by atoms with Gasteiger partial charge in [-0.2, -0.15) is 26.3 Å². The lowest BCUT2D eigenvalue weighted by Crippen LogP contribution is -2.56. The zero-order valence-corrected chi connectivity index (χ0v) is 9.57. The molecule has 0 N–H and O–H groups in total. The van der Waals surface area contributed by atoms with E-state index in [1.807, 2.05) is 0 Å². The first-order chi connectivity index (χ1) is 8.53. The van der Waals surface area contributed by atoms with Crippen molar-refractivity contribution < 1.29 is 35.9 Å². The molecule has 0 aromatic rings. The van der Waals surface area contributed by atoms with Crippen LogP contribution in [-0.4, -0.2) is 35.8 Å². The lowest BCUT2D eigenvalue weighted by molar-refractivity contribution is -0.299. The van der Waals surface area contributed by atoms with Crippen molar-refractivity contribution in [2.45, 2.75) is 29.8 Å². The molecule has 19 heavy (non-hydrogen) atoms. The van der Waals surface area contributed by atoms with E-state index in [1.54, 1.807) is 0 Å². The summed E-state index contributed by atoms with van der Waals surface area (Å²) in [6.07, 6.45) is 0.354. The van der Waals surface area contributed by atoms with Crippen molar-refractivity contribution in [1.82, 2.24) is 0 Å². The van der Waals surface area contributed by atoms with Crippen LogP contribution in [-0.2, 0) is 9.53 Å². The molecule has 1 saturated carbocycles. The second-order valence-electron chi connectivity index (χ2n) is 3.97. The molecule has 1 atom stereocenters. The Labute approximate surface area is 104 Å². The van der Waals surface area contributed by atoms with Crippen molar-refractivity contribution in [3.8, 4) is 0 Å². The molecule has 1 unspecified atom stereocenters. The third-order valence-corrected chi connectivity index (χ3v) is 2.83. The molecule has 2 nitrogen and oxygen atoms in total. The first-order valence-electron chi connectivity index (χ1n) is 5.07.